The van der Waals surface area contributed by atoms with E-state index in [1.54, 1.807) is 23.7 Å². The highest BCUT2D eigenvalue weighted by molar-refractivity contribution is 8.02. The van der Waals surface area contributed by atoms with Crippen LogP contribution in [0.15, 0.2) is 18.2 Å². The Morgan fingerprint density at radius 3 is 2.71 bits per heavy atom. The molecular weight excluding hydrogens is 414 g/mol. The summed E-state index contributed by atoms with van der Waals surface area (Å²) in [5.41, 5.74) is 2.72. The van der Waals surface area contributed by atoms with Gasteiger partial charge >= 0.3 is 0 Å². The molecule has 3 N–H and O–H groups in total. The summed E-state index contributed by atoms with van der Waals surface area (Å²) in [4.78, 5) is 41.7. The lowest BCUT2D eigenvalue weighted by molar-refractivity contribution is -0.142. The second-order valence-electron chi connectivity index (χ2n) is 8.97. The minimum atomic E-state index is -0.716. The van der Waals surface area contributed by atoms with E-state index in [-0.39, 0.29) is 29.6 Å². The number of carbonyl (C=O) groups excluding carboxylic acids is 3. The predicted octanol–water partition coefficient (Wildman–Crippen LogP) is 1.85. The molecule has 4 rings (SSSR count). The highest BCUT2D eigenvalue weighted by Crippen LogP contribution is 2.66. The third-order valence-corrected chi connectivity index (χ3v) is 9.21. The van der Waals surface area contributed by atoms with Gasteiger partial charge in [-0.1, -0.05) is 19.1 Å². The number of benzene rings is 1. The van der Waals surface area contributed by atoms with Crippen LogP contribution in [0.1, 0.15) is 37.3 Å². The molecular formula is C23H31N3O4S. The molecule has 0 saturated carbocycles. The Labute approximate surface area is 187 Å². The number of aliphatic hydroxyl groups is 1. The lowest BCUT2D eigenvalue weighted by Crippen LogP contribution is -2.54. The van der Waals surface area contributed by atoms with Crippen LogP contribution in [0, 0.1) is 25.7 Å². The molecule has 168 valence electrons. The van der Waals surface area contributed by atoms with E-state index in [1.807, 2.05) is 39.0 Å². The molecule has 0 aliphatic carbocycles. The maximum Gasteiger partial charge on any atom is 0.248 e. The van der Waals surface area contributed by atoms with E-state index in [0.717, 1.165) is 29.7 Å². The van der Waals surface area contributed by atoms with Gasteiger partial charge in [-0.25, -0.2) is 0 Å². The first-order valence-electron chi connectivity index (χ1n) is 11.0. The van der Waals surface area contributed by atoms with Crippen molar-refractivity contribution in [3.05, 3.63) is 29.3 Å². The number of thioether (sulfide) groups is 1. The van der Waals surface area contributed by atoms with Gasteiger partial charge in [0.05, 0.1) is 29.2 Å². The number of hydrogen-bond acceptors (Lipinski definition) is 5. The quantitative estimate of drug-likeness (QED) is 0.621. The van der Waals surface area contributed by atoms with Crippen LogP contribution in [0.2, 0.25) is 0 Å². The van der Waals surface area contributed by atoms with Crippen molar-refractivity contribution < 1.29 is 19.5 Å². The highest BCUT2D eigenvalue weighted by atomic mass is 32.2. The van der Waals surface area contributed by atoms with Gasteiger partial charge in [0.25, 0.3) is 0 Å². The van der Waals surface area contributed by atoms with Crippen molar-refractivity contribution in [3.8, 4) is 0 Å². The topological polar surface area (TPSA) is 98.7 Å². The van der Waals surface area contributed by atoms with Crippen LogP contribution in [0.3, 0.4) is 0 Å². The highest BCUT2D eigenvalue weighted by Gasteiger charge is 2.74. The Balaban J connectivity index is 1.76. The summed E-state index contributed by atoms with van der Waals surface area (Å²) in [6, 6.07) is 4.72. The van der Waals surface area contributed by atoms with Crippen LogP contribution in [-0.2, 0) is 14.4 Å². The summed E-state index contributed by atoms with van der Waals surface area (Å²) in [5, 5.41) is 15.8. The molecule has 0 aromatic heterocycles. The zero-order valence-electron chi connectivity index (χ0n) is 18.5. The van der Waals surface area contributed by atoms with Gasteiger partial charge in [-0.15, -0.1) is 11.8 Å². The maximum absolute atomic E-state index is 13.7. The number of nitrogens with one attached hydrogen (secondary N) is 2. The number of anilines is 1. The Hall–Kier alpha value is -2.06. The van der Waals surface area contributed by atoms with Gasteiger partial charge in [0.2, 0.25) is 17.7 Å². The summed E-state index contributed by atoms with van der Waals surface area (Å²) in [6.07, 6.45) is 2.07. The van der Waals surface area contributed by atoms with Crippen molar-refractivity contribution in [1.82, 2.24) is 10.2 Å². The Morgan fingerprint density at radius 1 is 1.32 bits per heavy atom. The average Bonchev–Trinajstić information content (AvgIpc) is 3.39. The van der Waals surface area contributed by atoms with Crippen LogP contribution in [0.25, 0.3) is 0 Å². The first kappa shape index (κ1) is 22.1. The van der Waals surface area contributed by atoms with E-state index >= 15 is 0 Å². The number of hydrogen-bond donors (Lipinski definition) is 3. The summed E-state index contributed by atoms with van der Waals surface area (Å²) < 4.78 is -0.636. The minimum Gasteiger partial charge on any atom is -0.394 e. The largest absolute Gasteiger partial charge is 0.394 e. The monoisotopic (exact) mass is 445 g/mol. The fourth-order valence-corrected chi connectivity index (χ4v) is 7.94. The third kappa shape index (κ3) is 3.26. The molecule has 3 aliphatic heterocycles. The van der Waals surface area contributed by atoms with Crippen molar-refractivity contribution >= 4 is 35.2 Å². The predicted molar refractivity (Wildman–Crippen MR) is 121 cm³/mol. The van der Waals surface area contributed by atoms with E-state index in [1.165, 1.54) is 0 Å². The molecule has 3 aliphatic rings. The van der Waals surface area contributed by atoms with Crippen molar-refractivity contribution in [2.24, 2.45) is 11.8 Å². The minimum absolute atomic E-state index is 0.0428. The molecule has 3 heterocycles. The lowest BCUT2D eigenvalue weighted by atomic mass is 9.70. The summed E-state index contributed by atoms with van der Waals surface area (Å²) >= 11 is 1.64. The number of carbonyl (C=O) groups is 3. The number of aliphatic hydroxyl groups excluding tert-OH is 1. The summed E-state index contributed by atoms with van der Waals surface area (Å²) in [6.45, 7) is 5.60. The number of fused-ring (bicyclic) bond motifs is 1. The molecule has 1 aromatic rings. The number of rotatable bonds is 6. The number of nitrogens with zero attached hydrogens (tertiary/aromatic N) is 1. The molecule has 1 aromatic carbocycles. The molecule has 3 saturated heterocycles. The molecule has 3 amide bonds. The van der Waals surface area contributed by atoms with Crippen LogP contribution in [0.4, 0.5) is 5.69 Å². The van der Waals surface area contributed by atoms with Crippen LogP contribution >= 0.6 is 11.8 Å². The Morgan fingerprint density at radius 2 is 2.06 bits per heavy atom. The fourth-order valence-electron chi connectivity index (χ4n) is 5.74. The molecule has 31 heavy (non-hydrogen) atoms. The average molecular weight is 446 g/mol. The van der Waals surface area contributed by atoms with Crippen molar-refractivity contribution in [2.45, 2.75) is 62.1 Å². The smallest absolute Gasteiger partial charge is 0.248 e. The molecule has 3 fully saturated rings. The van der Waals surface area contributed by atoms with E-state index in [9.17, 15) is 19.5 Å². The standard InChI is InChI=1S/C23H31N3O4S/c1-5-14(11-27)26-19(21(29)25-15-10-12(2)6-7-13(15)3)23-9-8-16(31-23)17(20(28)24-4)18(23)22(26)30/h6-7,10,14,16-19,27H,5,8-9,11H2,1-4H3,(H,24,28)(H,25,29)/t14-,16-,17+,18-,19?,23?/m0/s1. The van der Waals surface area contributed by atoms with Gasteiger partial charge in [-0.05, 0) is 50.3 Å². The van der Waals surface area contributed by atoms with Gasteiger partial charge in [0, 0.05) is 18.0 Å². The zero-order valence-corrected chi connectivity index (χ0v) is 19.3. The van der Waals surface area contributed by atoms with E-state index in [0.29, 0.717) is 6.42 Å². The number of amides is 3. The summed E-state index contributed by atoms with van der Waals surface area (Å²) in [5.74, 6) is -1.52. The Kier molecular flexibility index (Phi) is 5.81. The number of likely N-dealkylation sites (tertiary alicyclic amines) is 1. The molecule has 6 atom stereocenters. The molecule has 1 spiro atoms. The van der Waals surface area contributed by atoms with E-state index in [4.69, 9.17) is 0 Å². The lowest BCUT2D eigenvalue weighted by Gasteiger charge is -2.36. The fraction of sp³-hybridized carbons (Fsp3) is 0.609. The van der Waals surface area contributed by atoms with Crippen LogP contribution < -0.4 is 10.6 Å². The van der Waals surface area contributed by atoms with Crippen LogP contribution in [0.5, 0.6) is 0 Å². The van der Waals surface area contributed by atoms with Gasteiger partial charge in [0.15, 0.2) is 0 Å². The van der Waals surface area contributed by atoms with Crippen molar-refractivity contribution in [3.63, 3.8) is 0 Å². The molecule has 8 heteroatoms. The molecule has 2 unspecified atom stereocenters. The molecule has 7 nitrogen and oxygen atoms in total. The van der Waals surface area contributed by atoms with Gasteiger partial charge in [0.1, 0.15) is 6.04 Å². The second-order valence-corrected chi connectivity index (χ2v) is 10.6. The van der Waals surface area contributed by atoms with Gasteiger partial charge < -0.3 is 20.6 Å². The third-order valence-electron chi connectivity index (χ3n) is 7.26. The van der Waals surface area contributed by atoms with Crippen molar-refractivity contribution in [2.75, 3.05) is 19.0 Å². The van der Waals surface area contributed by atoms with Gasteiger partial charge in [-0.2, -0.15) is 0 Å². The van der Waals surface area contributed by atoms with Crippen molar-refractivity contribution in [1.29, 1.82) is 0 Å². The summed E-state index contributed by atoms with van der Waals surface area (Å²) in [7, 11) is 1.59. The molecule has 0 radical (unpaired) electrons. The first-order valence-corrected chi connectivity index (χ1v) is 11.9. The first-order chi connectivity index (χ1) is 14.8. The Bertz CT molecular complexity index is 918. The van der Waals surface area contributed by atoms with Crippen LogP contribution in [-0.4, -0.2) is 63.5 Å². The van der Waals surface area contributed by atoms with E-state index in [2.05, 4.69) is 10.6 Å². The molecule has 2 bridgehead atoms. The SMILES string of the molecule is CC[C@@H](CO)N1C(=O)[C@@H]2[C@H](C(=O)NC)[C@@H]3CCC2(S3)C1C(=O)Nc1cc(C)ccc1C. The zero-order chi connectivity index (χ0) is 22.5. The second kappa shape index (κ2) is 8.13. The maximum atomic E-state index is 13.7. The normalized spacial score (nSPS) is 32.2. The van der Waals surface area contributed by atoms with E-state index < -0.39 is 28.7 Å². The van der Waals surface area contributed by atoms with Gasteiger partial charge in [-0.3, -0.25) is 14.4 Å². The number of aryl methyl sites for hydroxylation is 2.